The molecule has 5 rings (SSSR count). The Labute approximate surface area is 200 Å². The molecule has 0 N–H and O–H groups in total. The molecule has 6 heteroatoms. The summed E-state index contributed by atoms with van der Waals surface area (Å²) >= 11 is 6.34. The molecule has 0 spiro atoms. The molecule has 2 aromatic heterocycles. The summed E-state index contributed by atoms with van der Waals surface area (Å²) < 4.78 is 0. The van der Waals surface area contributed by atoms with Gasteiger partial charge in [0.2, 0.25) is 5.91 Å². The third-order valence-electron chi connectivity index (χ3n) is 7.13. The number of benzene rings is 1. The van der Waals surface area contributed by atoms with Crippen LogP contribution in [0, 0.1) is 0 Å². The molecule has 170 valence electrons. The lowest BCUT2D eigenvalue weighted by molar-refractivity contribution is -0.138. The van der Waals surface area contributed by atoms with Crippen molar-refractivity contribution >= 4 is 17.5 Å². The molecule has 1 aliphatic heterocycles. The number of carbonyl (C=O) groups excluding carboxylic acids is 1. The molecule has 3 heterocycles. The van der Waals surface area contributed by atoms with Gasteiger partial charge in [0.1, 0.15) is 0 Å². The Morgan fingerprint density at radius 3 is 2.52 bits per heavy atom. The van der Waals surface area contributed by atoms with Gasteiger partial charge in [0.25, 0.3) is 0 Å². The number of nitrogens with zero attached hydrogens (tertiary/aromatic N) is 4. The first-order chi connectivity index (χ1) is 15.9. The lowest BCUT2D eigenvalue weighted by Gasteiger charge is -2.42. The minimum atomic E-state index is -0.601. The molecule has 1 fully saturated rings. The third kappa shape index (κ3) is 4.16. The van der Waals surface area contributed by atoms with Gasteiger partial charge in [0.15, 0.2) is 0 Å². The van der Waals surface area contributed by atoms with Crippen molar-refractivity contribution in [3.8, 4) is 0 Å². The first-order valence-electron chi connectivity index (χ1n) is 11.6. The predicted molar refractivity (Wildman–Crippen MR) is 130 cm³/mol. The average molecular weight is 461 g/mol. The molecule has 1 saturated heterocycles. The van der Waals surface area contributed by atoms with Gasteiger partial charge in [-0.25, -0.2) is 0 Å². The van der Waals surface area contributed by atoms with Gasteiger partial charge in [-0.3, -0.25) is 19.7 Å². The maximum atomic E-state index is 13.4. The van der Waals surface area contributed by atoms with Gasteiger partial charge < -0.3 is 4.90 Å². The van der Waals surface area contributed by atoms with Gasteiger partial charge >= 0.3 is 0 Å². The van der Waals surface area contributed by atoms with Gasteiger partial charge in [-0.05, 0) is 73.2 Å². The van der Waals surface area contributed by atoms with Crippen molar-refractivity contribution in [2.75, 3.05) is 26.2 Å². The van der Waals surface area contributed by atoms with Crippen molar-refractivity contribution in [1.29, 1.82) is 0 Å². The monoisotopic (exact) mass is 460 g/mol. The van der Waals surface area contributed by atoms with Crippen LogP contribution < -0.4 is 0 Å². The summed E-state index contributed by atoms with van der Waals surface area (Å²) in [5.74, 6) is 0.154. The first kappa shape index (κ1) is 22.1. The Kier molecular flexibility index (Phi) is 5.94. The van der Waals surface area contributed by atoms with Gasteiger partial charge in [-0.1, -0.05) is 29.8 Å². The number of amides is 1. The number of pyridine rings is 2. The van der Waals surface area contributed by atoms with E-state index in [1.54, 1.807) is 12.4 Å². The van der Waals surface area contributed by atoms with Crippen molar-refractivity contribution < 1.29 is 4.79 Å². The molecule has 1 atom stereocenters. The molecular formula is C27H29ClN4O. The van der Waals surface area contributed by atoms with Crippen molar-refractivity contribution in [3.63, 3.8) is 0 Å². The number of rotatable bonds is 3. The number of piperazine rings is 1. The molecule has 33 heavy (non-hydrogen) atoms. The molecule has 0 saturated carbocycles. The lowest BCUT2D eigenvalue weighted by Crippen LogP contribution is -2.54. The summed E-state index contributed by atoms with van der Waals surface area (Å²) in [7, 11) is 0. The number of fused-ring (bicyclic) bond motifs is 2. The van der Waals surface area contributed by atoms with E-state index in [-0.39, 0.29) is 11.9 Å². The quantitative estimate of drug-likeness (QED) is 0.579. The number of aromatic nitrogens is 2. The van der Waals surface area contributed by atoms with Crippen molar-refractivity contribution in [1.82, 2.24) is 19.8 Å². The minimum Gasteiger partial charge on any atom is -0.339 e. The van der Waals surface area contributed by atoms with E-state index in [1.807, 2.05) is 49.2 Å². The summed E-state index contributed by atoms with van der Waals surface area (Å²) in [6.45, 7) is 6.98. The molecule has 1 aliphatic carbocycles. The highest BCUT2D eigenvalue weighted by Gasteiger charge is 2.38. The van der Waals surface area contributed by atoms with Crippen molar-refractivity contribution in [3.05, 3.63) is 94.0 Å². The van der Waals surface area contributed by atoms with E-state index in [0.717, 1.165) is 42.2 Å². The van der Waals surface area contributed by atoms with Crippen molar-refractivity contribution in [2.45, 2.75) is 38.1 Å². The van der Waals surface area contributed by atoms with E-state index in [9.17, 15) is 4.79 Å². The predicted octanol–water partition coefficient (Wildman–Crippen LogP) is 4.44. The first-order valence-corrected chi connectivity index (χ1v) is 12.0. The average Bonchev–Trinajstić information content (AvgIpc) is 3.01. The van der Waals surface area contributed by atoms with Crippen LogP contribution in [-0.2, 0) is 23.1 Å². The Morgan fingerprint density at radius 2 is 1.76 bits per heavy atom. The summed E-state index contributed by atoms with van der Waals surface area (Å²) in [6, 6.07) is 14.4. The van der Waals surface area contributed by atoms with Gasteiger partial charge in [-0.2, -0.15) is 0 Å². The van der Waals surface area contributed by atoms with Gasteiger partial charge in [0, 0.05) is 49.8 Å². The zero-order valence-electron chi connectivity index (χ0n) is 19.2. The number of hydrogen-bond acceptors (Lipinski definition) is 4. The topological polar surface area (TPSA) is 49.3 Å². The fourth-order valence-corrected chi connectivity index (χ4v) is 5.38. The molecule has 1 aromatic carbocycles. The van der Waals surface area contributed by atoms with Crippen molar-refractivity contribution in [2.24, 2.45) is 0 Å². The van der Waals surface area contributed by atoms with Crippen LogP contribution in [-0.4, -0.2) is 51.9 Å². The highest BCUT2D eigenvalue weighted by atomic mass is 35.5. The molecule has 5 nitrogen and oxygen atoms in total. The fraction of sp³-hybridized carbons (Fsp3) is 0.370. The number of aryl methyl sites for hydroxylation is 2. The van der Waals surface area contributed by atoms with E-state index in [0.29, 0.717) is 13.1 Å². The normalized spacial score (nSPS) is 18.9. The molecule has 1 amide bonds. The van der Waals surface area contributed by atoms with Crippen LogP contribution in [0.3, 0.4) is 0 Å². The second kappa shape index (κ2) is 8.88. The van der Waals surface area contributed by atoms with E-state index < -0.39 is 5.41 Å². The second-order valence-corrected chi connectivity index (χ2v) is 9.92. The highest BCUT2D eigenvalue weighted by molar-refractivity contribution is 6.30. The maximum absolute atomic E-state index is 13.4. The summed E-state index contributed by atoms with van der Waals surface area (Å²) in [4.78, 5) is 27.0. The molecular weight excluding hydrogens is 432 g/mol. The number of halogens is 1. The minimum absolute atomic E-state index is 0.0829. The molecule has 0 radical (unpaired) electrons. The van der Waals surface area contributed by atoms with Gasteiger partial charge in [0.05, 0.1) is 17.2 Å². The maximum Gasteiger partial charge on any atom is 0.232 e. The van der Waals surface area contributed by atoms with E-state index in [4.69, 9.17) is 16.6 Å². The Morgan fingerprint density at radius 1 is 1.00 bits per heavy atom. The SMILES string of the molecule is CC(C)(C(=O)N1CCN(C2c3ccc(Cl)cc3CCc3cccnc32)CC1)c1cccnc1. The van der Waals surface area contributed by atoms with Crippen LogP contribution in [0.15, 0.2) is 61.1 Å². The molecule has 2 aliphatic rings. The van der Waals surface area contributed by atoms with Crippen LogP contribution in [0.5, 0.6) is 0 Å². The Hall–Kier alpha value is -2.76. The smallest absolute Gasteiger partial charge is 0.232 e. The second-order valence-electron chi connectivity index (χ2n) is 9.49. The Bertz CT molecular complexity index is 1160. The summed E-state index contributed by atoms with van der Waals surface area (Å²) in [5, 5.41) is 0.777. The zero-order valence-corrected chi connectivity index (χ0v) is 19.9. The van der Waals surface area contributed by atoms with Crippen LogP contribution in [0.4, 0.5) is 0 Å². The lowest BCUT2D eigenvalue weighted by atomic mass is 9.84. The third-order valence-corrected chi connectivity index (χ3v) is 7.37. The zero-order chi connectivity index (χ0) is 23.0. The number of hydrogen-bond donors (Lipinski definition) is 0. The van der Waals surface area contributed by atoms with Crippen LogP contribution in [0.1, 0.15) is 47.8 Å². The van der Waals surface area contributed by atoms with E-state index in [1.165, 1.54) is 16.7 Å². The fourth-order valence-electron chi connectivity index (χ4n) is 5.19. The highest BCUT2D eigenvalue weighted by Crippen LogP contribution is 2.37. The largest absolute Gasteiger partial charge is 0.339 e. The van der Waals surface area contributed by atoms with E-state index in [2.05, 4.69) is 28.1 Å². The molecule has 0 bridgehead atoms. The number of carbonyl (C=O) groups is 1. The standard InChI is InChI=1S/C27H29ClN4O/c1-27(2,21-6-4-11-29-18-21)26(33)32-15-13-31(14-16-32)25-23-10-9-22(28)17-20(23)8-7-19-5-3-12-30-24(19)25/h3-6,9-12,17-18,25H,7-8,13-16H2,1-2H3. The summed E-state index contributed by atoms with van der Waals surface area (Å²) in [5.41, 5.74) is 5.36. The van der Waals surface area contributed by atoms with Crippen LogP contribution in [0.25, 0.3) is 0 Å². The van der Waals surface area contributed by atoms with Gasteiger partial charge in [-0.15, -0.1) is 0 Å². The molecule has 1 unspecified atom stereocenters. The summed E-state index contributed by atoms with van der Waals surface area (Å²) in [6.07, 6.45) is 7.35. The van der Waals surface area contributed by atoms with E-state index >= 15 is 0 Å². The molecule has 3 aromatic rings. The van der Waals surface area contributed by atoms with Crippen LogP contribution >= 0.6 is 11.6 Å². The van der Waals surface area contributed by atoms with Crippen LogP contribution in [0.2, 0.25) is 5.02 Å². The Balaban J connectivity index is 1.40.